The monoisotopic (exact) mass is 278 g/mol. The van der Waals surface area contributed by atoms with Gasteiger partial charge in [-0.15, -0.1) is 0 Å². The van der Waals surface area contributed by atoms with Gasteiger partial charge in [-0.25, -0.2) is 4.79 Å². The average Bonchev–Trinajstić information content (AvgIpc) is 2.46. The van der Waals surface area contributed by atoms with E-state index in [9.17, 15) is 4.79 Å². The summed E-state index contributed by atoms with van der Waals surface area (Å²) in [6.45, 7) is 0.819. The molecular formula is C14H18N2O2S. The molecule has 102 valence electrons. The van der Waals surface area contributed by atoms with Gasteiger partial charge in [0, 0.05) is 17.8 Å². The highest BCUT2D eigenvalue weighted by atomic mass is 32.1. The topological polar surface area (TPSA) is 55.6 Å². The second-order valence-electron chi connectivity index (χ2n) is 4.61. The molecule has 0 spiro atoms. The van der Waals surface area contributed by atoms with E-state index in [1.54, 1.807) is 0 Å². The third-order valence-electron chi connectivity index (χ3n) is 3.46. The van der Waals surface area contributed by atoms with E-state index in [2.05, 4.69) is 4.90 Å². The lowest BCUT2D eigenvalue weighted by molar-refractivity contribution is -0.142. The van der Waals surface area contributed by atoms with Crippen LogP contribution in [0.4, 0.5) is 5.69 Å². The number of rotatable bonds is 3. The van der Waals surface area contributed by atoms with E-state index in [0.29, 0.717) is 4.99 Å². The van der Waals surface area contributed by atoms with E-state index in [4.69, 9.17) is 22.7 Å². The lowest BCUT2D eigenvalue weighted by Gasteiger charge is -2.36. The highest BCUT2D eigenvalue weighted by molar-refractivity contribution is 7.80. The first kappa shape index (κ1) is 13.8. The van der Waals surface area contributed by atoms with E-state index < -0.39 is 0 Å². The Hall–Kier alpha value is -1.62. The summed E-state index contributed by atoms with van der Waals surface area (Å²) in [5.41, 5.74) is 7.50. The number of piperidine rings is 1. The van der Waals surface area contributed by atoms with E-state index in [-0.39, 0.29) is 12.0 Å². The average molecular weight is 278 g/mol. The molecule has 1 saturated heterocycles. The molecule has 1 unspecified atom stereocenters. The molecule has 0 saturated carbocycles. The summed E-state index contributed by atoms with van der Waals surface area (Å²) < 4.78 is 4.90. The van der Waals surface area contributed by atoms with Gasteiger partial charge < -0.3 is 15.4 Å². The predicted molar refractivity (Wildman–Crippen MR) is 79.3 cm³/mol. The Morgan fingerprint density at radius 2 is 2.16 bits per heavy atom. The number of hydrogen-bond acceptors (Lipinski definition) is 4. The van der Waals surface area contributed by atoms with Gasteiger partial charge in [0.2, 0.25) is 0 Å². The highest BCUT2D eigenvalue weighted by Crippen LogP contribution is 2.28. The summed E-state index contributed by atoms with van der Waals surface area (Å²) in [7, 11) is 1.43. The van der Waals surface area contributed by atoms with Crippen molar-refractivity contribution in [1.29, 1.82) is 0 Å². The van der Waals surface area contributed by atoms with Crippen molar-refractivity contribution < 1.29 is 9.53 Å². The predicted octanol–water partition coefficient (Wildman–Crippen LogP) is 1.85. The van der Waals surface area contributed by atoms with Crippen LogP contribution in [0.25, 0.3) is 0 Å². The molecule has 1 aliphatic rings. The quantitative estimate of drug-likeness (QED) is 0.675. The maximum absolute atomic E-state index is 11.9. The molecule has 0 aromatic heterocycles. The Morgan fingerprint density at radius 3 is 2.84 bits per heavy atom. The minimum Gasteiger partial charge on any atom is -0.467 e. The minimum absolute atomic E-state index is 0.197. The minimum atomic E-state index is -0.241. The number of esters is 1. The fourth-order valence-corrected chi connectivity index (χ4v) is 2.71. The van der Waals surface area contributed by atoms with Crippen molar-refractivity contribution in [3.8, 4) is 0 Å². The number of benzene rings is 1. The van der Waals surface area contributed by atoms with E-state index >= 15 is 0 Å². The van der Waals surface area contributed by atoms with Crippen LogP contribution in [-0.4, -0.2) is 30.7 Å². The highest BCUT2D eigenvalue weighted by Gasteiger charge is 2.30. The van der Waals surface area contributed by atoms with Gasteiger partial charge in [0.1, 0.15) is 11.0 Å². The third-order valence-corrected chi connectivity index (χ3v) is 3.67. The van der Waals surface area contributed by atoms with Gasteiger partial charge in [-0.3, -0.25) is 0 Å². The lowest BCUT2D eigenvalue weighted by Crippen LogP contribution is -2.46. The first-order valence-electron chi connectivity index (χ1n) is 6.38. The molecule has 4 nitrogen and oxygen atoms in total. The van der Waals surface area contributed by atoms with Crippen LogP contribution in [0.1, 0.15) is 24.8 Å². The van der Waals surface area contributed by atoms with Crippen LogP contribution < -0.4 is 10.6 Å². The number of carbonyl (C=O) groups excluding carboxylic acids is 1. The van der Waals surface area contributed by atoms with Crippen molar-refractivity contribution in [2.75, 3.05) is 18.6 Å². The van der Waals surface area contributed by atoms with E-state index in [1.165, 1.54) is 7.11 Å². The largest absolute Gasteiger partial charge is 0.467 e. The maximum Gasteiger partial charge on any atom is 0.328 e. The van der Waals surface area contributed by atoms with Crippen LogP contribution in [0, 0.1) is 0 Å². The van der Waals surface area contributed by atoms with Crippen molar-refractivity contribution in [3.05, 3.63) is 29.8 Å². The van der Waals surface area contributed by atoms with Crippen molar-refractivity contribution in [2.45, 2.75) is 25.3 Å². The molecule has 0 aliphatic carbocycles. The molecule has 0 amide bonds. The summed E-state index contributed by atoms with van der Waals surface area (Å²) in [6.07, 6.45) is 2.89. The molecule has 1 atom stereocenters. The van der Waals surface area contributed by atoms with E-state index in [0.717, 1.165) is 37.1 Å². The van der Waals surface area contributed by atoms with Crippen molar-refractivity contribution in [3.63, 3.8) is 0 Å². The number of nitrogens with two attached hydrogens (primary N) is 1. The van der Waals surface area contributed by atoms with Crippen LogP contribution in [0.2, 0.25) is 0 Å². The normalized spacial score (nSPS) is 19.0. The molecule has 5 heteroatoms. The van der Waals surface area contributed by atoms with Crippen LogP contribution in [0.5, 0.6) is 0 Å². The lowest BCUT2D eigenvalue weighted by atomic mass is 9.99. The Bertz CT molecular complexity index is 490. The maximum atomic E-state index is 11.9. The molecule has 1 aliphatic heterocycles. The first-order chi connectivity index (χ1) is 9.15. The van der Waals surface area contributed by atoms with E-state index in [1.807, 2.05) is 24.3 Å². The zero-order valence-electron chi connectivity index (χ0n) is 11.0. The summed E-state index contributed by atoms with van der Waals surface area (Å²) in [4.78, 5) is 14.3. The zero-order valence-corrected chi connectivity index (χ0v) is 11.8. The number of ether oxygens (including phenoxy) is 1. The second kappa shape index (κ2) is 6.02. The SMILES string of the molecule is COC(=O)C1CCCCN1c1ccccc1C(N)=S. The molecule has 1 heterocycles. The fourth-order valence-electron chi connectivity index (χ4n) is 2.53. The summed E-state index contributed by atoms with van der Waals surface area (Å²) >= 11 is 5.09. The van der Waals surface area contributed by atoms with Crippen LogP contribution in [0.3, 0.4) is 0 Å². The number of methoxy groups -OCH3 is 1. The Kier molecular flexibility index (Phi) is 4.37. The number of thiocarbonyl (C=S) groups is 1. The van der Waals surface area contributed by atoms with Crippen LogP contribution in [-0.2, 0) is 9.53 Å². The van der Waals surface area contributed by atoms with Gasteiger partial charge in [-0.2, -0.15) is 0 Å². The zero-order chi connectivity index (χ0) is 13.8. The molecule has 1 fully saturated rings. The molecule has 1 aromatic carbocycles. The smallest absolute Gasteiger partial charge is 0.328 e. The van der Waals surface area contributed by atoms with Crippen molar-refractivity contribution in [1.82, 2.24) is 0 Å². The standard InChI is InChI=1S/C14H18N2O2S/c1-18-14(17)12-8-4-5-9-16(12)11-7-3-2-6-10(11)13(15)19/h2-3,6-7,12H,4-5,8-9H2,1H3,(H2,15,19). The molecule has 1 aromatic rings. The Balaban J connectivity index is 2.37. The molecule has 0 bridgehead atoms. The van der Waals surface area contributed by atoms with Gasteiger partial charge in [0.25, 0.3) is 0 Å². The Labute approximate surface area is 118 Å². The number of para-hydroxylation sites is 1. The molecular weight excluding hydrogens is 260 g/mol. The number of nitrogens with zero attached hydrogens (tertiary/aromatic N) is 1. The number of hydrogen-bond donors (Lipinski definition) is 1. The fraction of sp³-hybridized carbons (Fsp3) is 0.429. The van der Waals surface area contributed by atoms with Crippen molar-refractivity contribution in [2.24, 2.45) is 5.73 Å². The summed E-state index contributed by atoms with van der Waals surface area (Å²) in [6, 6.07) is 7.43. The van der Waals surface area contributed by atoms with Gasteiger partial charge >= 0.3 is 5.97 Å². The summed E-state index contributed by atoms with van der Waals surface area (Å²) in [5, 5.41) is 0. The van der Waals surface area contributed by atoms with Crippen molar-refractivity contribution >= 4 is 28.9 Å². The Morgan fingerprint density at radius 1 is 1.42 bits per heavy atom. The number of anilines is 1. The molecule has 0 radical (unpaired) electrons. The molecule has 2 rings (SSSR count). The van der Waals surface area contributed by atoms with Crippen LogP contribution >= 0.6 is 12.2 Å². The second-order valence-corrected chi connectivity index (χ2v) is 5.05. The van der Waals surface area contributed by atoms with Gasteiger partial charge in [0.05, 0.1) is 7.11 Å². The molecule has 19 heavy (non-hydrogen) atoms. The van der Waals surface area contributed by atoms with Gasteiger partial charge in [0.15, 0.2) is 0 Å². The molecule has 2 N–H and O–H groups in total. The summed E-state index contributed by atoms with van der Waals surface area (Å²) in [5.74, 6) is -0.197. The third kappa shape index (κ3) is 2.87. The van der Waals surface area contributed by atoms with Gasteiger partial charge in [-0.05, 0) is 31.4 Å². The first-order valence-corrected chi connectivity index (χ1v) is 6.79. The van der Waals surface area contributed by atoms with Gasteiger partial charge in [-0.1, -0.05) is 24.4 Å². The van der Waals surface area contributed by atoms with Crippen LogP contribution in [0.15, 0.2) is 24.3 Å². The number of carbonyl (C=O) groups is 1.